The molecule has 1 saturated heterocycles. The normalized spacial score (nSPS) is 39.7. The zero-order chi connectivity index (χ0) is 37.1. The first-order valence-corrected chi connectivity index (χ1v) is 16.9. The fourth-order valence-electron chi connectivity index (χ4n) is 7.42. The van der Waals surface area contributed by atoms with E-state index < -0.39 is 94.6 Å². The van der Waals surface area contributed by atoms with Gasteiger partial charge in [-0.3, -0.25) is 19.2 Å². The van der Waals surface area contributed by atoms with Crippen molar-refractivity contribution in [3.05, 3.63) is 23.8 Å². The first-order valence-electron chi connectivity index (χ1n) is 16.9. The zero-order valence-corrected chi connectivity index (χ0v) is 29.6. The monoisotopic (exact) mass is 696 g/mol. The Hall–Kier alpha value is -3.33. The van der Waals surface area contributed by atoms with E-state index in [0.29, 0.717) is 6.42 Å². The number of aliphatic hydroxyl groups is 4. The van der Waals surface area contributed by atoms with Crippen molar-refractivity contribution < 1.29 is 68.1 Å². The molecule has 4 N–H and O–H groups in total. The van der Waals surface area contributed by atoms with Crippen molar-refractivity contribution in [3.8, 4) is 0 Å². The van der Waals surface area contributed by atoms with Gasteiger partial charge in [-0.25, -0.2) is 4.79 Å². The maximum atomic E-state index is 13.7. The van der Waals surface area contributed by atoms with E-state index in [9.17, 15) is 44.4 Å². The number of unbranched alkanes of at least 4 members (excludes halogenated alkanes) is 4. The number of fused-ring (bicyclic) bond motifs is 2. The topological polar surface area (TPSA) is 212 Å². The number of carbonyl (C=O) groups excluding carboxylic acids is 5. The molecule has 14 nitrogen and oxygen atoms in total. The highest BCUT2D eigenvalue weighted by Gasteiger charge is 2.76. The molecule has 3 aliphatic rings. The molecule has 11 atom stereocenters. The van der Waals surface area contributed by atoms with E-state index in [0.717, 1.165) is 46.5 Å². The Morgan fingerprint density at radius 2 is 1.47 bits per heavy atom. The highest BCUT2D eigenvalue weighted by molar-refractivity contribution is 5.88. The Labute approximate surface area is 286 Å². The summed E-state index contributed by atoms with van der Waals surface area (Å²) in [7, 11) is 0. The summed E-state index contributed by atoms with van der Waals surface area (Å²) < 4.78 is 28.5. The van der Waals surface area contributed by atoms with Crippen molar-refractivity contribution in [3.63, 3.8) is 0 Å². The van der Waals surface area contributed by atoms with E-state index in [2.05, 4.69) is 6.92 Å². The van der Waals surface area contributed by atoms with Gasteiger partial charge in [0, 0.05) is 38.0 Å². The summed E-state index contributed by atoms with van der Waals surface area (Å²) in [6.45, 7) is 10.7. The predicted octanol–water partition coefficient (Wildman–Crippen LogP) is 2.12. The third-order valence-electron chi connectivity index (χ3n) is 10.1. The molecular formula is C35H52O14. The molecule has 49 heavy (non-hydrogen) atoms. The van der Waals surface area contributed by atoms with E-state index in [1.54, 1.807) is 0 Å². The molecule has 2 aliphatic carbocycles. The maximum Gasteiger partial charge on any atom is 0.354 e. The van der Waals surface area contributed by atoms with Gasteiger partial charge in [-0.2, -0.15) is 0 Å². The van der Waals surface area contributed by atoms with Crippen LogP contribution in [0.5, 0.6) is 0 Å². The van der Waals surface area contributed by atoms with Crippen LogP contribution < -0.4 is 0 Å². The minimum Gasteiger partial charge on any atom is -0.459 e. The summed E-state index contributed by atoms with van der Waals surface area (Å²) in [4.78, 5) is 65.1. The van der Waals surface area contributed by atoms with Crippen LogP contribution in [0.4, 0.5) is 0 Å². The minimum absolute atomic E-state index is 0.00106. The van der Waals surface area contributed by atoms with E-state index in [4.69, 9.17) is 23.7 Å². The van der Waals surface area contributed by atoms with Gasteiger partial charge in [0.2, 0.25) is 5.60 Å². The summed E-state index contributed by atoms with van der Waals surface area (Å²) in [5.41, 5.74) is -9.59. The number of rotatable bonds is 11. The lowest BCUT2D eigenvalue weighted by atomic mass is 9.53. The van der Waals surface area contributed by atoms with E-state index in [1.165, 1.54) is 45.9 Å². The number of carbonyl (C=O) groups is 5. The lowest BCUT2D eigenvalue weighted by Crippen LogP contribution is -2.74. The van der Waals surface area contributed by atoms with Crippen LogP contribution in [0.1, 0.15) is 100 Å². The molecule has 0 aromatic carbocycles. The molecule has 3 rings (SSSR count). The molecule has 0 aromatic heterocycles. The zero-order valence-electron chi connectivity index (χ0n) is 29.6. The molecule has 0 aromatic rings. The van der Waals surface area contributed by atoms with Crippen LogP contribution in [0.25, 0.3) is 0 Å². The average molecular weight is 697 g/mol. The molecule has 0 unspecified atom stereocenters. The van der Waals surface area contributed by atoms with Gasteiger partial charge in [-0.15, -0.1) is 0 Å². The molecule has 0 spiro atoms. The first kappa shape index (κ1) is 40.1. The molecule has 1 heterocycles. The molecule has 1 fully saturated rings. The fourth-order valence-corrected chi connectivity index (χ4v) is 7.42. The second-order valence-corrected chi connectivity index (χ2v) is 13.9. The Morgan fingerprint density at radius 3 is 2.04 bits per heavy atom. The van der Waals surface area contributed by atoms with Crippen LogP contribution in [0.3, 0.4) is 0 Å². The standard InChI is InChI=1S/C35H52O14/c1-9-11-12-13-14-15-25(40)48-27-19(3)18-23-35(44,34(8,31(42)47-23)49-24(39)10-2)30(46-21(5)37)28-32(6,17-16-22(38)33(28,7)43)29(26(27)41)45-20(4)36/h16-18,22-23,26-30,38,41,43-44H,9-15H2,1-8H3/b19-18-/t22-,23+,26-,27+,28-,29+,30+,32+,33-,34-,35+/m1/s1. The molecule has 0 amide bonds. The maximum absolute atomic E-state index is 13.7. The van der Waals surface area contributed by atoms with E-state index >= 15 is 0 Å². The second kappa shape index (κ2) is 15.3. The largest absolute Gasteiger partial charge is 0.459 e. The number of aliphatic hydroxyl groups excluding tert-OH is 2. The molecule has 1 aliphatic heterocycles. The van der Waals surface area contributed by atoms with Crippen LogP contribution in [0.15, 0.2) is 23.8 Å². The Bertz CT molecular complexity index is 1340. The van der Waals surface area contributed by atoms with Crippen molar-refractivity contribution in [1.82, 2.24) is 0 Å². The van der Waals surface area contributed by atoms with Gasteiger partial charge in [0.05, 0.1) is 5.60 Å². The van der Waals surface area contributed by atoms with Gasteiger partial charge < -0.3 is 44.1 Å². The first-order chi connectivity index (χ1) is 22.7. The van der Waals surface area contributed by atoms with Crippen LogP contribution >= 0.6 is 0 Å². The number of hydrogen-bond donors (Lipinski definition) is 4. The average Bonchev–Trinajstić information content (AvgIpc) is 3.19. The Kier molecular flexibility index (Phi) is 12.5. The van der Waals surface area contributed by atoms with Crippen molar-refractivity contribution in [2.75, 3.05) is 0 Å². The number of esters is 5. The highest BCUT2D eigenvalue weighted by Crippen LogP contribution is 2.56. The summed E-state index contributed by atoms with van der Waals surface area (Å²) >= 11 is 0. The third kappa shape index (κ3) is 7.57. The molecule has 0 radical (unpaired) electrons. The molecule has 0 saturated carbocycles. The Morgan fingerprint density at radius 1 is 0.878 bits per heavy atom. The summed E-state index contributed by atoms with van der Waals surface area (Å²) in [6.07, 6.45) is -3.01. The van der Waals surface area contributed by atoms with Crippen molar-refractivity contribution >= 4 is 29.8 Å². The van der Waals surface area contributed by atoms with Crippen LogP contribution in [0, 0.1) is 11.3 Å². The van der Waals surface area contributed by atoms with Crippen LogP contribution in [-0.4, -0.2) is 104 Å². The quantitative estimate of drug-likeness (QED) is 0.106. The van der Waals surface area contributed by atoms with Gasteiger partial charge in [0.1, 0.15) is 24.4 Å². The van der Waals surface area contributed by atoms with Crippen LogP contribution in [0.2, 0.25) is 0 Å². The van der Waals surface area contributed by atoms with Crippen LogP contribution in [-0.2, 0) is 47.7 Å². The highest BCUT2D eigenvalue weighted by atomic mass is 16.7. The molecular weight excluding hydrogens is 644 g/mol. The smallest absolute Gasteiger partial charge is 0.354 e. The summed E-state index contributed by atoms with van der Waals surface area (Å²) in [5, 5.41) is 48.1. The van der Waals surface area contributed by atoms with Gasteiger partial charge in [0.25, 0.3) is 0 Å². The van der Waals surface area contributed by atoms with Gasteiger partial charge in [0.15, 0.2) is 17.8 Å². The van der Waals surface area contributed by atoms with E-state index in [1.807, 2.05) is 0 Å². The van der Waals surface area contributed by atoms with Crippen molar-refractivity contribution in [1.29, 1.82) is 0 Å². The fraction of sp³-hybridized carbons (Fsp3) is 0.743. The number of hydrogen-bond acceptors (Lipinski definition) is 14. The Balaban J connectivity index is 2.39. The third-order valence-corrected chi connectivity index (χ3v) is 10.1. The lowest BCUT2D eigenvalue weighted by molar-refractivity contribution is -0.266. The summed E-state index contributed by atoms with van der Waals surface area (Å²) in [6, 6.07) is 0. The molecule has 14 heteroatoms. The van der Waals surface area contributed by atoms with Crippen molar-refractivity contribution in [2.24, 2.45) is 11.3 Å². The van der Waals surface area contributed by atoms with Gasteiger partial charge in [-0.1, -0.05) is 58.6 Å². The second-order valence-electron chi connectivity index (χ2n) is 13.9. The van der Waals surface area contributed by atoms with Crippen molar-refractivity contribution in [2.45, 2.75) is 154 Å². The molecule has 276 valence electrons. The number of ether oxygens (including phenoxy) is 5. The van der Waals surface area contributed by atoms with Gasteiger partial charge >= 0.3 is 29.8 Å². The lowest BCUT2D eigenvalue weighted by Gasteiger charge is -2.57. The SMILES string of the molecule is CCCCCCCC(=O)O[C@H]1/C(C)=C\[C@@H]2OC(=O)[C@@](C)(OC(=O)CC)[C@@]2(O)[C@@H](OC(C)=O)[C@H]2[C@](C)(O)[C@H](O)C=C[C@]2(C)[C@@H](OC(C)=O)[C@@H]1O. The predicted molar refractivity (Wildman–Crippen MR) is 171 cm³/mol. The minimum atomic E-state index is -2.83. The summed E-state index contributed by atoms with van der Waals surface area (Å²) in [5.74, 6) is -6.46. The van der Waals surface area contributed by atoms with Gasteiger partial charge in [-0.05, 0) is 38.8 Å². The molecule has 0 bridgehead atoms. The van der Waals surface area contributed by atoms with E-state index in [-0.39, 0.29) is 18.4 Å².